The lowest BCUT2D eigenvalue weighted by Crippen LogP contribution is -2.33. The van der Waals surface area contributed by atoms with Crippen molar-refractivity contribution in [2.45, 2.75) is 77.4 Å². The summed E-state index contributed by atoms with van der Waals surface area (Å²) in [6.45, 7) is 13.5. The summed E-state index contributed by atoms with van der Waals surface area (Å²) >= 11 is 0. The highest BCUT2D eigenvalue weighted by Crippen LogP contribution is 2.35. The van der Waals surface area contributed by atoms with Crippen molar-refractivity contribution in [3.63, 3.8) is 0 Å². The minimum absolute atomic E-state index is 0.127. The highest BCUT2D eigenvalue weighted by molar-refractivity contribution is 5.44. The van der Waals surface area contributed by atoms with E-state index in [1.54, 1.807) is 0 Å². The molecule has 0 aromatic heterocycles. The molecule has 3 heteroatoms. The van der Waals surface area contributed by atoms with Gasteiger partial charge in [0.1, 0.15) is 11.4 Å². The molecule has 2 unspecified atom stereocenters. The molecule has 0 spiro atoms. The van der Waals surface area contributed by atoms with Crippen LogP contribution in [0, 0.1) is 0 Å². The molecule has 0 radical (unpaired) electrons. The Kier molecular flexibility index (Phi) is 9.15. The molecule has 0 aliphatic carbocycles. The van der Waals surface area contributed by atoms with Crippen LogP contribution in [0.2, 0.25) is 0 Å². The molecule has 3 aromatic rings. The molecular weight excluding hydrogens is 432 g/mol. The molecule has 0 bridgehead atoms. The zero-order valence-electron chi connectivity index (χ0n) is 22.3. The zero-order valence-corrected chi connectivity index (χ0v) is 22.3. The van der Waals surface area contributed by atoms with Gasteiger partial charge in [-0.1, -0.05) is 80.6 Å². The first-order chi connectivity index (χ1) is 16.6. The van der Waals surface area contributed by atoms with Crippen molar-refractivity contribution in [1.82, 2.24) is 0 Å². The average molecular weight is 475 g/mol. The van der Waals surface area contributed by atoms with Gasteiger partial charge in [0.15, 0.2) is 0 Å². The van der Waals surface area contributed by atoms with Crippen molar-refractivity contribution >= 4 is 0 Å². The Balaban J connectivity index is 1.86. The Bertz CT molecular complexity index is 977. The summed E-state index contributed by atoms with van der Waals surface area (Å²) in [5.41, 5.74) is 4.36. The van der Waals surface area contributed by atoms with E-state index in [2.05, 4.69) is 107 Å². The van der Waals surface area contributed by atoms with Crippen LogP contribution in [0.3, 0.4) is 0 Å². The summed E-state index contributed by atoms with van der Waals surface area (Å²) in [5, 5.41) is 9.26. The maximum absolute atomic E-state index is 9.26. The summed E-state index contributed by atoms with van der Waals surface area (Å²) in [4.78, 5) is 0. The lowest BCUT2D eigenvalue weighted by Gasteiger charge is -2.30. The predicted octanol–water partition coefficient (Wildman–Crippen LogP) is 7.72. The third-order valence-electron chi connectivity index (χ3n) is 6.86. The second-order valence-corrected chi connectivity index (χ2v) is 10.8. The molecule has 3 aromatic carbocycles. The van der Waals surface area contributed by atoms with E-state index in [1.807, 2.05) is 13.8 Å². The van der Waals surface area contributed by atoms with E-state index in [0.29, 0.717) is 13.0 Å². The Morgan fingerprint density at radius 2 is 1.14 bits per heavy atom. The summed E-state index contributed by atoms with van der Waals surface area (Å²) in [6, 6.07) is 28.0. The minimum atomic E-state index is -0.392. The summed E-state index contributed by atoms with van der Waals surface area (Å²) in [7, 11) is 0. The number of ether oxygens (including phenoxy) is 2. The molecule has 0 aliphatic rings. The maximum Gasteiger partial charge on any atom is 0.120 e. The molecule has 35 heavy (non-hydrogen) atoms. The van der Waals surface area contributed by atoms with E-state index in [1.165, 1.54) is 22.3 Å². The van der Waals surface area contributed by atoms with Crippen LogP contribution in [0.15, 0.2) is 78.9 Å². The predicted molar refractivity (Wildman–Crippen MR) is 145 cm³/mol. The fourth-order valence-electron chi connectivity index (χ4n) is 4.36. The van der Waals surface area contributed by atoms with Crippen LogP contribution < -0.4 is 4.74 Å². The fourth-order valence-corrected chi connectivity index (χ4v) is 4.36. The SMILES string of the molecule is CC(c1ccccc1)c1cc(OC(C)(C)CCOC(C)(C)CCO)cc(C(C)c2ccccc2)c1. The molecule has 0 saturated carbocycles. The van der Waals surface area contributed by atoms with Crippen LogP contribution in [0.25, 0.3) is 0 Å². The van der Waals surface area contributed by atoms with Crippen molar-refractivity contribution in [1.29, 1.82) is 0 Å². The maximum atomic E-state index is 9.26. The van der Waals surface area contributed by atoms with Gasteiger partial charge in [-0.2, -0.15) is 0 Å². The van der Waals surface area contributed by atoms with E-state index in [0.717, 1.165) is 12.2 Å². The molecule has 3 rings (SSSR count). The van der Waals surface area contributed by atoms with Crippen LogP contribution in [0.5, 0.6) is 5.75 Å². The molecule has 0 fully saturated rings. The first-order valence-electron chi connectivity index (χ1n) is 12.8. The monoisotopic (exact) mass is 474 g/mol. The van der Waals surface area contributed by atoms with Gasteiger partial charge in [0, 0.05) is 24.9 Å². The Labute approximate surface area is 212 Å². The van der Waals surface area contributed by atoms with Crippen LogP contribution >= 0.6 is 0 Å². The minimum Gasteiger partial charge on any atom is -0.488 e. The van der Waals surface area contributed by atoms with E-state index in [4.69, 9.17) is 9.47 Å². The van der Waals surface area contributed by atoms with Crippen molar-refractivity contribution in [3.05, 3.63) is 101 Å². The molecule has 1 N–H and O–H groups in total. The van der Waals surface area contributed by atoms with E-state index in [9.17, 15) is 5.11 Å². The molecule has 3 nitrogen and oxygen atoms in total. The Morgan fingerprint density at radius 1 is 0.657 bits per heavy atom. The molecule has 188 valence electrons. The van der Waals surface area contributed by atoms with Gasteiger partial charge in [-0.3, -0.25) is 0 Å². The van der Waals surface area contributed by atoms with Gasteiger partial charge >= 0.3 is 0 Å². The van der Waals surface area contributed by atoms with Gasteiger partial charge in [-0.05, 0) is 68.5 Å². The molecule has 0 amide bonds. The van der Waals surface area contributed by atoms with E-state index < -0.39 is 5.60 Å². The first kappa shape index (κ1) is 27.0. The lowest BCUT2D eigenvalue weighted by atomic mass is 9.87. The van der Waals surface area contributed by atoms with Gasteiger partial charge < -0.3 is 14.6 Å². The summed E-state index contributed by atoms with van der Waals surface area (Å²) in [6.07, 6.45) is 1.37. The van der Waals surface area contributed by atoms with Gasteiger partial charge in [-0.15, -0.1) is 0 Å². The second kappa shape index (κ2) is 11.9. The zero-order chi connectivity index (χ0) is 25.5. The van der Waals surface area contributed by atoms with Crippen LogP contribution in [-0.4, -0.2) is 29.5 Å². The van der Waals surface area contributed by atoms with E-state index in [-0.39, 0.29) is 24.0 Å². The average Bonchev–Trinajstić information content (AvgIpc) is 2.83. The number of aliphatic hydroxyl groups is 1. The topological polar surface area (TPSA) is 38.7 Å². The Morgan fingerprint density at radius 3 is 1.60 bits per heavy atom. The van der Waals surface area contributed by atoms with Crippen LogP contribution in [0.1, 0.15) is 88.5 Å². The third kappa shape index (κ3) is 7.95. The summed E-state index contributed by atoms with van der Waals surface area (Å²) < 4.78 is 12.6. The van der Waals surface area contributed by atoms with Crippen LogP contribution in [-0.2, 0) is 4.74 Å². The highest BCUT2D eigenvalue weighted by Gasteiger charge is 2.24. The standard InChI is InChI=1S/C32H42O3/c1-24(26-13-9-7-10-14-26)28-21-29(25(2)27-15-11-8-12-16-27)23-30(22-28)35-32(5,6)18-20-34-31(3,4)17-19-33/h7-16,21-25,33H,17-20H2,1-6H3. The first-order valence-corrected chi connectivity index (χ1v) is 12.8. The number of hydrogen-bond donors (Lipinski definition) is 1. The smallest absolute Gasteiger partial charge is 0.120 e. The molecule has 2 atom stereocenters. The number of aliphatic hydroxyl groups excluding tert-OH is 1. The van der Waals surface area contributed by atoms with Crippen LogP contribution in [0.4, 0.5) is 0 Å². The third-order valence-corrected chi connectivity index (χ3v) is 6.86. The van der Waals surface area contributed by atoms with Crippen molar-refractivity contribution < 1.29 is 14.6 Å². The van der Waals surface area contributed by atoms with E-state index >= 15 is 0 Å². The molecule has 0 aliphatic heterocycles. The highest BCUT2D eigenvalue weighted by atomic mass is 16.5. The van der Waals surface area contributed by atoms with Crippen molar-refractivity contribution in [2.24, 2.45) is 0 Å². The number of hydrogen-bond acceptors (Lipinski definition) is 3. The quantitative estimate of drug-likeness (QED) is 0.292. The van der Waals surface area contributed by atoms with Gasteiger partial charge in [0.2, 0.25) is 0 Å². The molecular formula is C32H42O3. The van der Waals surface area contributed by atoms with Gasteiger partial charge in [0.05, 0.1) is 12.2 Å². The lowest BCUT2D eigenvalue weighted by molar-refractivity contribution is -0.0516. The number of rotatable bonds is 12. The van der Waals surface area contributed by atoms with Gasteiger partial charge in [0.25, 0.3) is 0 Å². The Hall–Kier alpha value is -2.62. The normalized spacial score (nSPS) is 13.9. The second-order valence-electron chi connectivity index (χ2n) is 10.8. The molecule has 0 saturated heterocycles. The van der Waals surface area contributed by atoms with Crippen molar-refractivity contribution in [3.8, 4) is 5.75 Å². The van der Waals surface area contributed by atoms with Gasteiger partial charge in [-0.25, -0.2) is 0 Å². The summed E-state index contributed by atoms with van der Waals surface area (Å²) in [5.74, 6) is 1.40. The van der Waals surface area contributed by atoms with Crippen molar-refractivity contribution in [2.75, 3.05) is 13.2 Å². The largest absolute Gasteiger partial charge is 0.488 e. The fraction of sp³-hybridized carbons (Fsp3) is 0.438. The number of benzene rings is 3. The molecule has 0 heterocycles.